The summed E-state index contributed by atoms with van der Waals surface area (Å²) in [5.74, 6) is -0.217. The smallest absolute Gasteiger partial charge is 0.338 e. The van der Waals surface area contributed by atoms with Gasteiger partial charge in [0.15, 0.2) is 5.65 Å². The van der Waals surface area contributed by atoms with Crippen molar-refractivity contribution in [3.63, 3.8) is 0 Å². The second-order valence-electron chi connectivity index (χ2n) is 6.02. The molecule has 2 aromatic heterocycles. The highest BCUT2D eigenvalue weighted by molar-refractivity contribution is 6.05. The predicted octanol–water partition coefficient (Wildman–Crippen LogP) is 2.77. The van der Waals surface area contributed by atoms with Crippen molar-refractivity contribution in [2.24, 2.45) is 0 Å². The summed E-state index contributed by atoms with van der Waals surface area (Å²) in [4.78, 5) is 29.0. The van der Waals surface area contributed by atoms with Crippen LogP contribution in [0.3, 0.4) is 0 Å². The van der Waals surface area contributed by atoms with Crippen LogP contribution in [0.25, 0.3) is 22.3 Å². The molecule has 8 heteroatoms. The molecule has 0 spiro atoms. The first kappa shape index (κ1) is 19.3. The normalized spacial score (nSPS) is 10.7. The maximum Gasteiger partial charge on any atom is 0.338 e. The third-order valence-corrected chi connectivity index (χ3v) is 4.25. The molecule has 146 valence electrons. The quantitative estimate of drug-likeness (QED) is 0.604. The van der Waals surface area contributed by atoms with Gasteiger partial charge in [0.1, 0.15) is 12.3 Å². The Balaban J connectivity index is 2.19. The fourth-order valence-corrected chi connectivity index (χ4v) is 2.97. The number of nitrogens with zero attached hydrogens (tertiary/aromatic N) is 3. The van der Waals surface area contributed by atoms with Crippen molar-refractivity contribution >= 4 is 23.0 Å². The standard InChI is InChI=1S/C20H21N3O5/c1-5-28-17(24)11-23-19-18(12(2)22-23)15(20(25)27-4)10-16(21-19)13-6-8-14(26-3)9-7-13/h6-10H,5,11H2,1-4H3. The van der Waals surface area contributed by atoms with Crippen molar-refractivity contribution in [1.29, 1.82) is 0 Å². The van der Waals surface area contributed by atoms with Gasteiger partial charge >= 0.3 is 11.9 Å². The average Bonchev–Trinajstić information content (AvgIpc) is 3.02. The van der Waals surface area contributed by atoms with E-state index in [9.17, 15) is 9.59 Å². The number of fused-ring (bicyclic) bond motifs is 1. The van der Waals surface area contributed by atoms with Crippen molar-refractivity contribution in [3.8, 4) is 17.0 Å². The molecule has 0 fully saturated rings. The molecule has 0 unspecified atom stereocenters. The molecular formula is C20H21N3O5. The minimum atomic E-state index is -0.499. The van der Waals surface area contributed by atoms with Gasteiger partial charge in [0.25, 0.3) is 0 Å². The number of methoxy groups -OCH3 is 2. The number of benzene rings is 1. The van der Waals surface area contributed by atoms with Crippen LogP contribution in [0.1, 0.15) is 23.0 Å². The Morgan fingerprint density at radius 3 is 2.46 bits per heavy atom. The van der Waals surface area contributed by atoms with E-state index in [4.69, 9.17) is 14.2 Å². The first-order valence-electron chi connectivity index (χ1n) is 8.75. The maximum absolute atomic E-state index is 12.4. The lowest BCUT2D eigenvalue weighted by Gasteiger charge is -2.09. The number of pyridine rings is 1. The summed E-state index contributed by atoms with van der Waals surface area (Å²) in [5.41, 5.74) is 2.67. The van der Waals surface area contributed by atoms with Gasteiger partial charge in [0, 0.05) is 5.56 Å². The summed E-state index contributed by atoms with van der Waals surface area (Å²) >= 11 is 0. The molecule has 0 bridgehead atoms. The van der Waals surface area contributed by atoms with E-state index in [2.05, 4.69) is 10.1 Å². The van der Waals surface area contributed by atoms with E-state index in [1.165, 1.54) is 11.8 Å². The molecule has 0 saturated carbocycles. The minimum Gasteiger partial charge on any atom is -0.497 e. The van der Waals surface area contributed by atoms with Crippen LogP contribution in [0.5, 0.6) is 5.75 Å². The van der Waals surface area contributed by atoms with E-state index in [0.717, 1.165) is 5.56 Å². The second-order valence-corrected chi connectivity index (χ2v) is 6.02. The molecule has 8 nitrogen and oxygen atoms in total. The van der Waals surface area contributed by atoms with Crippen LogP contribution in [0.15, 0.2) is 30.3 Å². The SMILES string of the molecule is CCOC(=O)Cn1nc(C)c2c(C(=O)OC)cc(-c3ccc(OC)cc3)nc21. The van der Waals surface area contributed by atoms with Gasteiger partial charge in [-0.3, -0.25) is 4.79 Å². The highest BCUT2D eigenvalue weighted by Crippen LogP contribution is 2.28. The lowest BCUT2D eigenvalue weighted by molar-refractivity contribution is -0.143. The predicted molar refractivity (Wildman–Crippen MR) is 102 cm³/mol. The van der Waals surface area contributed by atoms with E-state index in [-0.39, 0.29) is 13.2 Å². The molecule has 0 aliphatic heterocycles. The van der Waals surface area contributed by atoms with Crippen LogP contribution in [0.2, 0.25) is 0 Å². The Labute approximate surface area is 162 Å². The fraction of sp³-hybridized carbons (Fsp3) is 0.300. The van der Waals surface area contributed by atoms with Crippen LogP contribution < -0.4 is 4.74 Å². The van der Waals surface area contributed by atoms with E-state index in [1.807, 2.05) is 12.1 Å². The summed E-state index contributed by atoms with van der Waals surface area (Å²) in [6, 6.07) is 8.96. The number of carbonyl (C=O) groups excluding carboxylic acids is 2. The molecule has 0 saturated heterocycles. The van der Waals surface area contributed by atoms with Crippen molar-refractivity contribution in [2.45, 2.75) is 20.4 Å². The molecule has 0 atom stereocenters. The number of hydrogen-bond acceptors (Lipinski definition) is 7. The van der Waals surface area contributed by atoms with Gasteiger partial charge in [-0.1, -0.05) is 0 Å². The molecule has 2 heterocycles. The lowest BCUT2D eigenvalue weighted by Crippen LogP contribution is -2.15. The summed E-state index contributed by atoms with van der Waals surface area (Å²) in [6.45, 7) is 3.66. The van der Waals surface area contributed by atoms with Gasteiger partial charge in [-0.05, 0) is 44.2 Å². The topological polar surface area (TPSA) is 92.5 Å². The van der Waals surface area contributed by atoms with Crippen molar-refractivity contribution in [1.82, 2.24) is 14.8 Å². The van der Waals surface area contributed by atoms with Crippen LogP contribution in [-0.2, 0) is 20.8 Å². The summed E-state index contributed by atoms with van der Waals surface area (Å²) in [5, 5.41) is 4.93. The van der Waals surface area contributed by atoms with E-state index in [0.29, 0.717) is 33.7 Å². The third kappa shape index (κ3) is 3.66. The zero-order chi connectivity index (χ0) is 20.3. The Morgan fingerprint density at radius 1 is 1.14 bits per heavy atom. The molecule has 0 aliphatic rings. The third-order valence-electron chi connectivity index (χ3n) is 4.25. The lowest BCUT2D eigenvalue weighted by atomic mass is 10.1. The molecule has 0 radical (unpaired) electrons. The first-order valence-corrected chi connectivity index (χ1v) is 8.75. The highest BCUT2D eigenvalue weighted by atomic mass is 16.5. The number of carbonyl (C=O) groups is 2. The largest absolute Gasteiger partial charge is 0.497 e. The fourth-order valence-electron chi connectivity index (χ4n) is 2.97. The Kier molecular flexibility index (Phi) is 5.58. The molecule has 0 aliphatic carbocycles. The summed E-state index contributed by atoms with van der Waals surface area (Å²) in [7, 11) is 2.91. The number of aromatic nitrogens is 3. The van der Waals surface area contributed by atoms with E-state index >= 15 is 0 Å². The zero-order valence-corrected chi connectivity index (χ0v) is 16.2. The maximum atomic E-state index is 12.4. The van der Waals surface area contributed by atoms with Gasteiger partial charge < -0.3 is 14.2 Å². The van der Waals surface area contributed by atoms with Gasteiger partial charge in [-0.25, -0.2) is 14.5 Å². The number of esters is 2. The Hall–Kier alpha value is -3.42. The van der Waals surface area contributed by atoms with Crippen molar-refractivity contribution < 1.29 is 23.8 Å². The number of ether oxygens (including phenoxy) is 3. The summed E-state index contributed by atoms with van der Waals surface area (Å²) in [6.07, 6.45) is 0. The Morgan fingerprint density at radius 2 is 1.86 bits per heavy atom. The monoisotopic (exact) mass is 383 g/mol. The van der Waals surface area contributed by atoms with Gasteiger partial charge in [-0.2, -0.15) is 5.10 Å². The minimum absolute atomic E-state index is 0.0993. The van der Waals surface area contributed by atoms with Crippen LogP contribution in [0, 0.1) is 6.92 Å². The summed E-state index contributed by atoms with van der Waals surface area (Å²) < 4.78 is 16.6. The average molecular weight is 383 g/mol. The van der Waals surface area contributed by atoms with Gasteiger partial charge in [0.05, 0.1) is 43.2 Å². The van der Waals surface area contributed by atoms with Crippen molar-refractivity contribution in [3.05, 3.63) is 41.6 Å². The van der Waals surface area contributed by atoms with Crippen molar-refractivity contribution in [2.75, 3.05) is 20.8 Å². The van der Waals surface area contributed by atoms with Gasteiger partial charge in [0.2, 0.25) is 0 Å². The molecule has 1 aromatic carbocycles. The van der Waals surface area contributed by atoms with Crippen LogP contribution >= 0.6 is 0 Å². The second kappa shape index (κ2) is 8.08. The van der Waals surface area contributed by atoms with E-state index in [1.54, 1.807) is 39.2 Å². The number of rotatable bonds is 6. The molecule has 3 rings (SSSR count). The number of aryl methyl sites for hydroxylation is 1. The molecule has 0 N–H and O–H groups in total. The molecule has 3 aromatic rings. The molecule has 0 amide bonds. The van der Waals surface area contributed by atoms with E-state index < -0.39 is 11.9 Å². The van der Waals surface area contributed by atoms with Gasteiger partial charge in [-0.15, -0.1) is 0 Å². The van der Waals surface area contributed by atoms with Crippen LogP contribution in [0.4, 0.5) is 0 Å². The Bertz CT molecular complexity index is 1020. The molecular weight excluding hydrogens is 362 g/mol. The zero-order valence-electron chi connectivity index (χ0n) is 16.2. The number of hydrogen-bond donors (Lipinski definition) is 0. The molecule has 28 heavy (non-hydrogen) atoms. The highest BCUT2D eigenvalue weighted by Gasteiger charge is 2.21. The van der Waals surface area contributed by atoms with Crippen LogP contribution in [-0.4, -0.2) is 47.5 Å². The first-order chi connectivity index (χ1) is 13.5.